The van der Waals surface area contributed by atoms with Crippen LogP contribution in [-0.4, -0.2) is 61.9 Å². The second-order valence-corrected chi connectivity index (χ2v) is 7.41. The molecule has 0 fully saturated rings. The van der Waals surface area contributed by atoms with Gasteiger partial charge in [-0.15, -0.1) is 0 Å². The van der Waals surface area contributed by atoms with Crippen LogP contribution >= 0.6 is 0 Å². The van der Waals surface area contributed by atoms with Crippen LogP contribution in [0.1, 0.15) is 23.5 Å². The Balaban J connectivity index is 1.50. The zero-order chi connectivity index (χ0) is 23.8. The van der Waals surface area contributed by atoms with Gasteiger partial charge >= 0.3 is 12.1 Å². The topological polar surface area (TPSA) is 114 Å². The number of hydrogen-bond acceptors (Lipinski definition) is 5. The van der Waals surface area contributed by atoms with E-state index in [9.17, 15) is 23.2 Å². The van der Waals surface area contributed by atoms with Crippen molar-refractivity contribution in [3.05, 3.63) is 59.7 Å². The Morgan fingerprint density at radius 2 is 1.61 bits per heavy atom. The van der Waals surface area contributed by atoms with Gasteiger partial charge in [0.1, 0.15) is 19.3 Å². The maximum Gasteiger partial charge on any atom is 0.407 e. The standard InChI is InChI=1S/C23H24F2N2O6/c24-22(25)19(11-20(28)26-9-10-32-13-21(29)30)27-23(31)33-12-18-16-7-3-1-5-14(16)15-6-2-4-8-17(15)18/h1-8,18-19,22H,9-13H2,(H,26,28)(H,27,31)(H,29,30). The van der Waals surface area contributed by atoms with Crippen LogP contribution in [0, 0.1) is 0 Å². The van der Waals surface area contributed by atoms with Gasteiger partial charge in [-0.25, -0.2) is 18.4 Å². The lowest BCUT2D eigenvalue weighted by molar-refractivity contribution is -0.142. The molecule has 0 bridgehead atoms. The summed E-state index contributed by atoms with van der Waals surface area (Å²) in [5.41, 5.74) is 4.05. The quantitative estimate of drug-likeness (QED) is 0.443. The SMILES string of the molecule is O=C(O)COCCNC(=O)CC(NC(=O)OCC1c2ccccc2-c2ccccc21)C(F)F. The van der Waals surface area contributed by atoms with Crippen molar-refractivity contribution in [3.63, 3.8) is 0 Å². The van der Waals surface area contributed by atoms with Gasteiger partial charge in [-0.05, 0) is 22.3 Å². The maximum absolute atomic E-state index is 13.3. The van der Waals surface area contributed by atoms with Crippen molar-refractivity contribution in [2.45, 2.75) is 24.8 Å². The average molecular weight is 462 g/mol. The first-order chi connectivity index (χ1) is 15.9. The highest BCUT2D eigenvalue weighted by Crippen LogP contribution is 2.44. The van der Waals surface area contributed by atoms with Gasteiger partial charge in [0.15, 0.2) is 0 Å². The van der Waals surface area contributed by atoms with E-state index in [1.54, 1.807) is 0 Å². The number of alkyl carbamates (subject to hydrolysis) is 1. The zero-order valence-electron chi connectivity index (χ0n) is 17.6. The second-order valence-electron chi connectivity index (χ2n) is 7.41. The number of benzene rings is 2. The molecule has 10 heteroatoms. The first-order valence-electron chi connectivity index (χ1n) is 10.3. The number of carbonyl (C=O) groups excluding carboxylic acids is 2. The lowest BCUT2D eigenvalue weighted by Gasteiger charge is -2.19. The van der Waals surface area contributed by atoms with Crippen LogP contribution < -0.4 is 10.6 Å². The Morgan fingerprint density at radius 3 is 2.18 bits per heavy atom. The molecule has 2 aromatic rings. The molecule has 2 aromatic carbocycles. The Bertz CT molecular complexity index is 955. The van der Waals surface area contributed by atoms with Crippen LogP contribution in [0.15, 0.2) is 48.5 Å². The van der Waals surface area contributed by atoms with E-state index < -0.39 is 43.5 Å². The summed E-state index contributed by atoms with van der Waals surface area (Å²) in [5, 5.41) is 12.8. The molecule has 0 heterocycles. The van der Waals surface area contributed by atoms with E-state index in [2.05, 4.69) is 10.6 Å². The van der Waals surface area contributed by atoms with Crippen LogP contribution in [0.4, 0.5) is 13.6 Å². The first-order valence-corrected chi connectivity index (χ1v) is 10.3. The molecule has 1 aliphatic carbocycles. The molecule has 3 rings (SSSR count). The van der Waals surface area contributed by atoms with Gasteiger partial charge < -0.3 is 25.2 Å². The number of halogens is 2. The molecular weight excluding hydrogens is 438 g/mol. The fraction of sp³-hybridized carbons (Fsp3) is 0.348. The predicted octanol–water partition coefficient (Wildman–Crippen LogP) is 2.77. The number of rotatable bonds is 11. The molecule has 1 atom stereocenters. The Kier molecular flexibility index (Phi) is 8.31. The lowest BCUT2D eigenvalue weighted by Crippen LogP contribution is -2.44. The largest absolute Gasteiger partial charge is 0.480 e. The highest BCUT2D eigenvalue weighted by atomic mass is 19.3. The van der Waals surface area contributed by atoms with Gasteiger partial charge in [-0.2, -0.15) is 0 Å². The number of carboxylic acids is 1. The number of fused-ring (bicyclic) bond motifs is 3. The summed E-state index contributed by atoms with van der Waals surface area (Å²) >= 11 is 0. The molecule has 3 N–H and O–H groups in total. The monoisotopic (exact) mass is 462 g/mol. The van der Waals surface area contributed by atoms with Crippen LogP contribution in [0.3, 0.4) is 0 Å². The van der Waals surface area contributed by atoms with E-state index in [-0.39, 0.29) is 25.7 Å². The summed E-state index contributed by atoms with van der Waals surface area (Å²) in [4.78, 5) is 34.4. The van der Waals surface area contributed by atoms with E-state index in [1.807, 2.05) is 48.5 Å². The van der Waals surface area contributed by atoms with Gasteiger partial charge in [-0.1, -0.05) is 48.5 Å². The van der Waals surface area contributed by atoms with E-state index in [1.165, 1.54) is 0 Å². The summed E-state index contributed by atoms with van der Waals surface area (Å²) in [6, 6.07) is 13.7. The zero-order valence-corrected chi connectivity index (χ0v) is 17.6. The van der Waals surface area contributed by atoms with Crippen LogP contribution in [-0.2, 0) is 19.1 Å². The van der Waals surface area contributed by atoms with Gasteiger partial charge in [0.2, 0.25) is 5.91 Å². The van der Waals surface area contributed by atoms with Crippen LogP contribution in [0.2, 0.25) is 0 Å². The third-order valence-electron chi connectivity index (χ3n) is 5.15. The van der Waals surface area contributed by atoms with Crippen LogP contribution in [0.25, 0.3) is 11.1 Å². The van der Waals surface area contributed by atoms with Crippen molar-refractivity contribution in [2.75, 3.05) is 26.4 Å². The number of ether oxygens (including phenoxy) is 2. The normalized spacial score (nSPS) is 13.2. The molecule has 0 saturated carbocycles. The molecule has 2 amide bonds. The number of nitrogens with one attached hydrogen (secondary N) is 2. The minimum atomic E-state index is -2.99. The van der Waals surface area contributed by atoms with Crippen molar-refractivity contribution in [1.29, 1.82) is 0 Å². The fourth-order valence-electron chi connectivity index (χ4n) is 3.69. The number of alkyl halides is 2. The number of aliphatic carboxylic acids is 1. The van der Waals surface area contributed by atoms with Crippen molar-refractivity contribution in [1.82, 2.24) is 10.6 Å². The smallest absolute Gasteiger partial charge is 0.407 e. The molecule has 1 aliphatic rings. The third-order valence-corrected chi connectivity index (χ3v) is 5.15. The molecule has 0 aliphatic heterocycles. The van der Waals surface area contributed by atoms with Gasteiger partial charge in [-0.3, -0.25) is 4.79 Å². The molecule has 8 nitrogen and oxygen atoms in total. The van der Waals surface area contributed by atoms with E-state index in [0.717, 1.165) is 22.3 Å². The Morgan fingerprint density at radius 1 is 1.00 bits per heavy atom. The van der Waals surface area contributed by atoms with Crippen molar-refractivity contribution >= 4 is 18.0 Å². The third kappa shape index (κ3) is 6.48. The summed E-state index contributed by atoms with van der Waals surface area (Å²) < 4.78 is 36.7. The van der Waals surface area contributed by atoms with Gasteiger partial charge in [0, 0.05) is 12.5 Å². The summed E-state index contributed by atoms with van der Waals surface area (Å²) in [7, 11) is 0. The number of carboxylic acid groups (broad SMARTS) is 1. The van der Waals surface area contributed by atoms with Gasteiger partial charge in [0.25, 0.3) is 6.43 Å². The molecule has 0 saturated heterocycles. The van der Waals surface area contributed by atoms with E-state index in [0.29, 0.717) is 0 Å². The molecule has 1 unspecified atom stereocenters. The number of hydrogen-bond donors (Lipinski definition) is 3. The van der Waals surface area contributed by atoms with Gasteiger partial charge in [0.05, 0.1) is 13.0 Å². The molecule has 0 spiro atoms. The van der Waals surface area contributed by atoms with Crippen molar-refractivity contribution < 1.29 is 37.7 Å². The average Bonchev–Trinajstić information content (AvgIpc) is 3.10. The number of amides is 2. The van der Waals surface area contributed by atoms with E-state index >= 15 is 0 Å². The molecule has 0 radical (unpaired) electrons. The molecule has 176 valence electrons. The van der Waals surface area contributed by atoms with Crippen molar-refractivity contribution in [3.8, 4) is 11.1 Å². The highest BCUT2D eigenvalue weighted by Gasteiger charge is 2.30. The maximum atomic E-state index is 13.3. The second kappa shape index (κ2) is 11.4. The highest BCUT2D eigenvalue weighted by molar-refractivity contribution is 5.79. The minimum absolute atomic E-state index is 0.0388. The van der Waals surface area contributed by atoms with E-state index in [4.69, 9.17) is 14.6 Å². The molecule has 33 heavy (non-hydrogen) atoms. The predicted molar refractivity (Wildman–Crippen MR) is 114 cm³/mol. The summed E-state index contributed by atoms with van der Waals surface area (Å²) in [6.45, 7) is -0.702. The minimum Gasteiger partial charge on any atom is -0.480 e. The Labute approximate surface area is 188 Å². The molecular formula is C23H24F2N2O6. The first kappa shape index (κ1) is 24.1. The van der Waals surface area contributed by atoms with Crippen LogP contribution in [0.5, 0.6) is 0 Å². The molecule has 0 aromatic heterocycles. The lowest BCUT2D eigenvalue weighted by atomic mass is 9.98. The summed E-state index contributed by atoms with van der Waals surface area (Å²) in [5.74, 6) is -2.12. The summed E-state index contributed by atoms with van der Waals surface area (Å²) in [6.07, 6.45) is -4.69. The Hall–Kier alpha value is -3.53. The van der Waals surface area contributed by atoms with Crippen molar-refractivity contribution in [2.24, 2.45) is 0 Å². The number of carbonyl (C=O) groups is 3. The fourth-order valence-corrected chi connectivity index (χ4v) is 3.69.